The van der Waals surface area contributed by atoms with Crippen molar-refractivity contribution in [1.29, 1.82) is 0 Å². The highest BCUT2D eigenvalue weighted by Crippen LogP contribution is 2.47. The van der Waals surface area contributed by atoms with Crippen LogP contribution in [0.4, 0.5) is 11.6 Å². The summed E-state index contributed by atoms with van der Waals surface area (Å²) >= 11 is 5.29. The zero-order valence-corrected chi connectivity index (χ0v) is 10.9. The Hall–Kier alpha value is -0.490. The van der Waals surface area contributed by atoms with Crippen molar-refractivity contribution < 1.29 is 0 Å². The molecule has 0 atom stereocenters. The van der Waals surface area contributed by atoms with Gasteiger partial charge in [0.15, 0.2) is 0 Å². The summed E-state index contributed by atoms with van der Waals surface area (Å²) in [6.07, 6.45) is 6.18. The summed E-state index contributed by atoms with van der Waals surface area (Å²) in [6.45, 7) is 0.934. The van der Waals surface area contributed by atoms with Crippen LogP contribution in [0, 0.1) is 0 Å². The Morgan fingerprint density at radius 2 is 2.33 bits per heavy atom. The van der Waals surface area contributed by atoms with E-state index in [1.165, 1.54) is 19.2 Å². The smallest absolute Gasteiger partial charge is 0.145 e. The normalized spacial score (nSPS) is 17.5. The predicted octanol–water partition coefficient (Wildman–Crippen LogP) is 2.13. The monoisotopic (exact) mass is 288 g/mol. The van der Waals surface area contributed by atoms with Crippen molar-refractivity contribution >= 4 is 39.3 Å². The van der Waals surface area contributed by atoms with Crippen LogP contribution in [0.25, 0.3) is 0 Å². The van der Waals surface area contributed by atoms with E-state index in [2.05, 4.69) is 37.5 Å². The molecule has 15 heavy (non-hydrogen) atoms. The molecule has 82 valence electrons. The zero-order valence-electron chi connectivity index (χ0n) is 8.46. The molecule has 1 aliphatic carbocycles. The summed E-state index contributed by atoms with van der Waals surface area (Å²) in [7, 11) is 0. The molecule has 1 aromatic heterocycles. The van der Waals surface area contributed by atoms with Gasteiger partial charge in [-0.25, -0.2) is 9.97 Å². The van der Waals surface area contributed by atoms with Crippen LogP contribution in [0.5, 0.6) is 0 Å². The lowest BCUT2D eigenvalue weighted by atomic mass is 10.4. The molecule has 0 unspecified atom stereocenters. The second kappa shape index (κ2) is 4.17. The van der Waals surface area contributed by atoms with Gasteiger partial charge in [-0.1, -0.05) is 0 Å². The van der Waals surface area contributed by atoms with Gasteiger partial charge < -0.3 is 11.1 Å². The number of halogens is 1. The fourth-order valence-electron chi connectivity index (χ4n) is 1.34. The minimum absolute atomic E-state index is 0.416. The number of rotatable bonds is 4. The number of aromatic nitrogens is 2. The highest BCUT2D eigenvalue weighted by molar-refractivity contribution is 9.10. The van der Waals surface area contributed by atoms with E-state index in [0.717, 1.165) is 16.8 Å². The largest absolute Gasteiger partial charge is 0.383 e. The second-order valence-corrected chi connectivity index (χ2v) is 5.73. The maximum absolute atomic E-state index is 5.66. The first-order chi connectivity index (χ1) is 7.17. The third-order valence-corrected chi connectivity index (χ3v) is 4.84. The molecule has 1 aliphatic rings. The lowest BCUT2D eigenvalue weighted by molar-refractivity contribution is 0.935. The number of hydrogen-bond acceptors (Lipinski definition) is 5. The topological polar surface area (TPSA) is 63.8 Å². The minimum Gasteiger partial charge on any atom is -0.383 e. The summed E-state index contributed by atoms with van der Waals surface area (Å²) in [6, 6.07) is 0. The quantitative estimate of drug-likeness (QED) is 0.889. The molecule has 0 bridgehead atoms. The third-order valence-electron chi connectivity index (χ3n) is 2.64. The Balaban J connectivity index is 2.02. The van der Waals surface area contributed by atoms with E-state index in [1.54, 1.807) is 0 Å². The molecular formula is C9H13BrN4S. The molecule has 6 heteroatoms. The number of hydrogen-bond donors (Lipinski definition) is 2. The van der Waals surface area contributed by atoms with Gasteiger partial charge >= 0.3 is 0 Å². The second-order valence-electron chi connectivity index (χ2n) is 3.66. The van der Waals surface area contributed by atoms with Crippen molar-refractivity contribution in [3.8, 4) is 0 Å². The number of thioether (sulfide) groups is 1. The Labute approximate surface area is 102 Å². The minimum atomic E-state index is 0.416. The molecule has 4 nitrogen and oxygen atoms in total. The van der Waals surface area contributed by atoms with E-state index in [1.807, 2.05) is 11.8 Å². The molecule has 0 amide bonds. The average Bonchev–Trinajstić information content (AvgIpc) is 3.01. The van der Waals surface area contributed by atoms with Crippen LogP contribution >= 0.6 is 27.7 Å². The number of nitrogen functional groups attached to an aromatic ring is 1. The van der Waals surface area contributed by atoms with E-state index in [4.69, 9.17) is 5.73 Å². The molecule has 1 aromatic rings. The van der Waals surface area contributed by atoms with Crippen LogP contribution in [0.3, 0.4) is 0 Å². The van der Waals surface area contributed by atoms with Gasteiger partial charge in [0.05, 0.1) is 0 Å². The van der Waals surface area contributed by atoms with Gasteiger partial charge in [0.25, 0.3) is 0 Å². The number of anilines is 2. The molecule has 0 radical (unpaired) electrons. The Kier molecular flexibility index (Phi) is 3.06. The average molecular weight is 289 g/mol. The Morgan fingerprint density at radius 3 is 2.93 bits per heavy atom. The van der Waals surface area contributed by atoms with Crippen LogP contribution in [0.2, 0.25) is 0 Å². The summed E-state index contributed by atoms with van der Waals surface area (Å²) < 4.78 is 1.17. The third kappa shape index (κ3) is 2.36. The summed E-state index contributed by atoms with van der Waals surface area (Å²) in [4.78, 5) is 8.04. The van der Waals surface area contributed by atoms with Gasteiger partial charge in [0.2, 0.25) is 0 Å². The van der Waals surface area contributed by atoms with Crippen molar-refractivity contribution in [3.63, 3.8) is 0 Å². The van der Waals surface area contributed by atoms with E-state index < -0.39 is 0 Å². The fraction of sp³-hybridized carbons (Fsp3) is 0.556. The van der Waals surface area contributed by atoms with Gasteiger partial charge in [0.1, 0.15) is 22.4 Å². The lowest BCUT2D eigenvalue weighted by Crippen LogP contribution is -2.18. The Bertz CT molecular complexity index is 367. The zero-order chi connectivity index (χ0) is 10.9. The SMILES string of the molecule is CSC1(CNc2ncnc(N)c2Br)CC1. The highest BCUT2D eigenvalue weighted by atomic mass is 79.9. The molecule has 0 saturated heterocycles. The van der Waals surface area contributed by atoms with Gasteiger partial charge in [0, 0.05) is 11.3 Å². The van der Waals surface area contributed by atoms with Gasteiger partial charge in [-0.15, -0.1) is 0 Å². The maximum Gasteiger partial charge on any atom is 0.145 e. The van der Waals surface area contributed by atoms with Gasteiger partial charge in [-0.2, -0.15) is 11.8 Å². The van der Waals surface area contributed by atoms with Crippen LogP contribution in [0.1, 0.15) is 12.8 Å². The van der Waals surface area contributed by atoms with Crippen molar-refractivity contribution in [2.75, 3.05) is 23.9 Å². The summed E-state index contributed by atoms with van der Waals surface area (Å²) in [5.41, 5.74) is 5.66. The molecule has 3 N–H and O–H groups in total. The first-order valence-corrected chi connectivity index (χ1v) is 6.74. The van der Waals surface area contributed by atoms with Crippen LogP contribution in [-0.2, 0) is 0 Å². The predicted molar refractivity (Wildman–Crippen MR) is 68.1 cm³/mol. The molecule has 0 spiro atoms. The van der Waals surface area contributed by atoms with E-state index >= 15 is 0 Å². The van der Waals surface area contributed by atoms with Crippen molar-refractivity contribution in [1.82, 2.24) is 9.97 Å². The first kappa shape index (κ1) is 11.0. The standard InChI is InChI=1S/C9H13BrN4S/c1-15-9(2-3-9)4-12-8-6(10)7(11)13-5-14-8/h5H,2-4H2,1H3,(H3,11,12,13,14). The maximum atomic E-state index is 5.66. The molecular weight excluding hydrogens is 276 g/mol. The highest BCUT2D eigenvalue weighted by Gasteiger charge is 2.41. The van der Waals surface area contributed by atoms with E-state index in [-0.39, 0.29) is 0 Å². The fourth-order valence-corrected chi connectivity index (χ4v) is 2.42. The molecule has 2 rings (SSSR count). The first-order valence-electron chi connectivity index (χ1n) is 4.72. The Morgan fingerprint density at radius 1 is 1.60 bits per heavy atom. The van der Waals surface area contributed by atoms with Crippen molar-refractivity contribution in [2.45, 2.75) is 17.6 Å². The molecule has 1 fully saturated rings. The van der Waals surface area contributed by atoms with Crippen molar-refractivity contribution in [2.24, 2.45) is 0 Å². The summed E-state index contributed by atoms with van der Waals surface area (Å²) in [5, 5.41) is 3.31. The van der Waals surface area contributed by atoms with Crippen LogP contribution < -0.4 is 11.1 Å². The van der Waals surface area contributed by atoms with Crippen LogP contribution in [0.15, 0.2) is 10.8 Å². The van der Waals surface area contributed by atoms with Gasteiger partial charge in [-0.05, 0) is 35.0 Å². The summed E-state index contributed by atoms with van der Waals surface area (Å²) in [5.74, 6) is 1.25. The molecule has 1 heterocycles. The van der Waals surface area contributed by atoms with Crippen LogP contribution in [-0.4, -0.2) is 27.5 Å². The molecule has 0 aromatic carbocycles. The number of nitrogens with two attached hydrogens (primary N) is 1. The lowest BCUT2D eigenvalue weighted by Gasteiger charge is -2.14. The molecule has 0 aliphatic heterocycles. The number of nitrogens with one attached hydrogen (secondary N) is 1. The molecule has 1 saturated carbocycles. The van der Waals surface area contributed by atoms with E-state index in [0.29, 0.717) is 10.6 Å². The van der Waals surface area contributed by atoms with Gasteiger partial charge in [-0.3, -0.25) is 0 Å². The van der Waals surface area contributed by atoms with Crippen molar-refractivity contribution in [3.05, 3.63) is 10.8 Å². The number of nitrogens with zero attached hydrogens (tertiary/aromatic N) is 2. The van der Waals surface area contributed by atoms with E-state index in [9.17, 15) is 0 Å².